The maximum absolute atomic E-state index is 12.2. The molecule has 0 unspecified atom stereocenters. The van der Waals surface area contributed by atoms with E-state index in [0.29, 0.717) is 0 Å². The summed E-state index contributed by atoms with van der Waals surface area (Å²) in [4.78, 5) is 37.3. The van der Waals surface area contributed by atoms with E-state index >= 15 is 0 Å². The number of amides is 1. The van der Waals surface area contributed by atoms with E-state index in [4.69, 9.17) is 4.74 Å². The molecule has 0 aliphatic carbocycles. The van der Waals surface area contributed by atoms with Gasteiger partial charge in [0, 0.05) is 13.0 Å². The van der Waals surface area contributed by atoms with Gasteiger partial charge < -0.3 is 14.4 Å². The molecular weight excluding hydrogens is 274 g/mol. The van der Waals surface area contributed by atoms with Crippen molar-refractivity contribution in [2.75, 3.05) is 14.2 Å². The molecule has 2 rings (SSSR count). The molecule has 1 aromatic carbocycles. The molecule has 1 fully saturated rings. The number of esters is 2. The molecule has 0 aromatic heterocycles. The zero-order valence-corrected chi connectivity index (χ0v) is 11.9. The van der Waals surface area contributed by atoms with Crippen LogP contribution in [0.5, 0.6) is 0 Å². The summed E-state index contributed by atoms with van der Waals surface area (Å²) in [5, 5.41) is 0. The van der Waals surface area contributed by atoms with Crippen molar-refractivity contribution >= 4 is 17.8 Å². The van der Waals surface area contributed by atoms with Gasteiger partial charge in [-0.3, -0.25) is 9.59 Å². The molecule has 1 aromatic rings. The minimum atomic E-state index is -0.935. The Hall–Kier alpha value is -2.37. The number of likely N-dealkylation sites (tertiary alicyclic amines) is 1. The monoisotopic (exact) mass is 291 g/mol. The summed E-state index contributed by atoms with van der Waals surface area (Å²) < 4.78 is 9.42. The van der Waals surface area contributed by atoms with Crippen LogP contribution in [-0.4, -0.2) is 43.0 Å². The number of methoxy groups -OCH3 is 2. The number of carbonyl (C=O) groups excluding carboxylic acids is 3. The first-order valence-corrected chi connectivity index (χ1v) is 6.57. The molecule has 0 radical (unpaired) electrons. The number of benzene rings is 1. The summed E-state index contributed by atoms with van der Waals surface area (Å²) in [5.41, 5.74) is 0.880. The molecule has 0 N–H and O–H groups in total. The van der Waals surface area contributed by atoms with Crippen molar-refractivity contribution in [2.45, 2.75) is 19.0 Å². The van der Waals surface area contributed by atoms with Gasteiger partial charge in [-0.1, -0.05) is 30.3 Å². The number of nitrogens with zero attached hydrogens (tertiary/aromatic N) is 1. The van der Waals surface area contributed by atoms with Crippen molar-refractivity contribution in [2.24, 2.45) is 5.92 Å². The van der Waals surface area contributed by atoms with Gasteiger partial charge in [0.05, 0.1) is 20.1 Å². The summed E-state index contributed by atoms with van der Waals surface area (Å²) in [6.45, 7) is 0.257. The van der Waals surface area contributed by atoms with E-state index in [0.717, 1.165) is 5.56 Å². The Morgan fingerprint density at radius 1 is 1.14 bits per heavy atom. The van der Waals surface area contributed by atoms with E-state index in [1.165, 1.54) is 19.1 Å². The molecule has 1 heterocycles. The second kappa shape index (κ2) is 6.39. The summed E-state index contributed by atoms with van der Waals surface area (Å²) in [6, 6.07) is 8.33. The predicted octanol–water partition coefficient (Wildman–Crippen LogP) is 0.750. The molecule has 21 heavy (non-hydrogen) atoms. The van der Waals surface area contributed by atoms with Crippen molar-refractivity contribution in [3.63, 3.8) is 0 Å². The van der Waals surface area contributed by atoms with E-state index < -0.39 is 23.9 Å². The maximum atomic E-state index is 12.2. The lowest BCUT2D eigenvalue weighted by atomic mass is 10.0. The quantitative estimate of drug-likeness (QED) is 0.765. The fraction of sp³-hybridized carbons (Fsp3) is 0.400. The number of rotatable bonds is 4. The van der Waals surface area contributed by atoms with E-state index in [9.17, 15) is 14.4 Å². The Bertz CT molecular complexity index is 542. The van der Waals surface area contributed by atoms with Gasteiger partial charge in [0.15, 0.2) is 0 Å². The van der Waals surface area contributed by atoms with Gasteiger partial charge in [-0.15, -0.1) is 0 Å². The molecule has 112 valence electrons. The highest BCUT2D eigenvalue weighted by molar-refractivity contribution is 5.95. The number of carbonyl (C=O) groups is 3. The SMILES string of the molecule is COC(=O)[C@@H]1CC(=O)N(Cc2ccccc2)[C@H]1C(=O)OC. The zero-order valence-electron chi connectivity index (χ0n) is 11.9. The molecule has 1 amide bonds. The summed E-state index contributed by atoms with van der Waals surface area (Å²) in [6.07, 6.45) is -0.0424. The largest absolute Gasteiger partial charge is 0.469 e. The molecule has 1 aliphatic rings. The van der Waals surface area contributed by atoms with Crippen molar-refractivity contribution in [1.29, 1.82) is 0 Å². The predicted molar refractivity (Wildman–Crippen MR) is 72.9 cm³/mol. The minimum absolute atomic E-state index is 0.0424. The van der Waals surface area contributed by atoms with Gasteiger partial charge in [-0.25, -0.2) is 4.79 Å². The Morgan fingerprint density at radius 2 is 1.76 bits per heavy atom. The number of hydrogen-bond donors (Lipinski definition) is 0. The average molecular weight is 291 g/mol. The molecule has 1 saturated heterocycles. The molecular formula is C15H17NO5. The normalized spacial score (nSPS) is 21.2. The summed E-state index contributed by atoms with van der Waals surface area (Å²) in [5.74, 6) is -2.26. The Kier molecular flexibility index (Phi) is 4.57. The van der Waals surface area contributed by atoms with E-state index in [-0.39, 0.29) is 18.9 Å². The fourth-order valence-corrected chi connectivity index (χ4v) is 2.53. The van der Waals surface area contributed by atoms with Crippen LogP contribution in [0.4, 0.5) is 0 Å². The first-order valence-electron chi connectivity index (χ1n) is 6.57. The Balaban J connectivity index is 2.27. The third-order valence-corrected chi connectivity index (χ3v) is 3.57. The van der Waals surface area contributed by atoms with Crippen LogP contribution in [0, 0.1) is 5.92 Å². The highest BCUT2D eigenvalue weighted by Crippen LogP contribution is 2.29. The van der Waals surface area contributed by atoms with Crippen molar-refractivity contribution in [3.8, 4) is 0 Å². The van der Waals surface area contributed by atoms with Gasteiger partial charge in [0.1, 0.15) is 6.04 Å². The molecule has 6 nitrogen and oxygen atoms in total. The van der Waals surface area contributed by atoms with Crippen LogP contribution < -0.4 is 0 Å². The zero-order chi connectivity index (χ0) is 15.4. The second-order valence-corrected chi connectivity index (χ2v) is 4.81. The third-order valence-electron chi connectivity index (χ3n) is 3.57. The van der Waals surface area contributed by atoms with E-state index in [2.05, 4.69) is 4.74 Å². The topological polar surface area (TPSA) is 72.9 Å². The van der Waals surface area contributed by atoms with Crippen LogP contribution >= 0.6 is 0 Å². The standard InChI is InChI=1S/C15H17NO5/c1-20-14(18)11-8-12(17)16(13(11)15(19)21-2)9-10-6-4-3-5-7-10/h3-7,11,13H,8-9H2,1-2H3/t11-,13-/m1/s1. The summed E-state index contributed by atoms with van der Waals surface area (Å²) in [7, 11) is 2.47. The summed E-state index contributed by atoms with van der Waals surface area (Å²) >= 11 is 0. The van der Waals surface area contributed by atoms with Crippen LogP contribution in [0.1, 0.15) is 12.0 Å². The molecule has 0 saturated carbocycles. The Labute approximate surface area is 122 Å². The van der Waals surface area contributed by atoms with Crippen molar-refractivity contribution in [1.82, 2.24) is 4.90 Å². The maximum Gasteiger partial charge on any atom is 0.329 e. The smallest absolute Gasteiger partial charge is 0.329 e. The van der Waals surface area contributed by atoms with Crippen LogP contribution in [0.25, 0.3) is 0 Å². The lowest BCUT2D eigenvalue weighted by molar-refractivity contribution is -0.156. The van der Waals surface area contributed by atoms with Crippen LogP contribution in [0.2, 0.25) is 0 Å². The van der Waals surface area contributed by atoms with E-state index in [1.807, 2.05) is 30.3 Å². The molecule has 0 spiro atoms. The molecule has 2 atom stereocenters. The van der Waals surface area contributed by atoms with Gasteiger partial charge >= 0.3 is 11.9 Å². The second-order valence-electron chi connectivity index (χ2n) is 4.81. The fourth-order valence-electron chi connectivity index (χ4n) is 2.53. The lowest BCUT2D eigenvalue weighted by Crippen LogP contribution is -2.43. The number of ether oxygens (including phenoxy) is 2. The van der Waals surface area contributed by atoms with E-state index in [1.54, 1.807) is 0 Å². The lowest BCUT2D eigenvalue weighted by Gasteiger charge is -2.25. The Morgan fingerprint density at radius 3 is 2.33 bits per heavy atom. The first kappa shape index (κ1) is 15.0. The van der Waals surface area contributed by atoms with Crippen LogP contribution in [-0.2, 0) is 30.4 Å². The molecule has 0 bridgehead atoms. The third kappa shape index (κ3) is 3.04. The van der Waals surface area contributed by atoms with Crippen LogP contribution in [0.15, 0.2) is 30.3 Å². The van der Waals surface area contributed by atoms with Crippen molar-refractivity contribution < 1.29 is 23.9 Å². The minimum Gasteiger partial charge on any atom is -0.469 e. The van der Waals surface area contributed by atoms with Gasteiger partial charge in [0.2, 0.25) is 5.91 Å². The first-order chi connectivity index (χ1) is 10.1. The van der Waals surface area contributed by atoms with Crippen molar-refractivity contribution in [3.05, 3.63) is 35.9 Å². The highest BCUT2D eigenvalue weighted by Gasteiger charge is 2.48. The number of hydrogen-bond acceptors (Lipinski definition) is 5. The van der Waals surface area contributed by atoms with Gasteiger partial charge in [-0.2, -0.15) is 0 Å². The molecule has 1 aliphatic heterocycles. The average Bonchev–Trinajstić information content (AvgIpc) is 2.83. The van der Waals surface area contributed by atoms with Crippen LogP contribution in [0.3, 0.4) is 0 Å². The molecule has 6 heteroatoms. The highest BCUT2D eigenvalue weighted by atomic mass is 16.5. The van der Waals surface area contributed by atoms with Gasteiger partial charge in [0.25, 0.3) is 0 Å². The van der Waals surface area contributed by atoms with Gasteiger partial charge in [-0.05, 0) is 5.56 Å².